The van der Waals surface area contributed by atoms with Crippen LogP contribution in [0.2, 0.25) is 0 Å². The molecule has 1 aromatic carbocycles. The van der Waals surface area contributed by atoms with Crippen LogP contribution in [-0.2, 0) is 0 Å². The molecule has 140 valence electrons. The fourth-order valence-electron chi connectivity index (χ4n) is 4.29. The molecule has 1 saturated carbocycles. The van der Waals surface area contributed by atoms with Crippen molar-refractivity contribution in [1.29, 1.82) is 0 Å². The van der Waals surface area contributed by atoms with Crippen molar-refractivity contribution in [1.82, 2.24) is 25.9 Å². The molecule has 27 heavy (non-hydrogen) atoms. The molecule has 0 radical (unpaired) electrons. The van der Waals surface area contributed by atoms with Crippen LogP contribution >= 0.6 is 11.3 Å². The van der Waals surface area contributed by atoms with Crippen molar-refractivity contribution in [3.05, 3.63) is 47.0 Å². The summed E-state index contributed by atoms with van der Waals surface area (Å²) in [5.41, 5.74) is 8.55. The zero-order valence-electron chi connectivity index (χ0n) is 15.2. The van der Waals surface area contributed by atoms with Crippen LogP contribution in [-0.4, -0.2) is 34.3 Å². The lowest BCUT2D eigenvalue weighted by Gasteiger charge is -2.31. The minimum Gasteiger partial charge on any atom is -0.349 e. The molecule has 3 atom stereocenters. The topological polar surface area (TPSA) is 71.0 Å². The van der Waals surface area contributed by atoms with Crippen LogP contribution in [0.25, 0.3) is 15.9 Å². The predicted octanol–water partition coefficient (Wildman–Crippen LogP) is 2.77. The van der Waals surface area contributed by atoms with Crippen LogP contribution in [0.15, 0.2) is 36.4 Å². The summed E-state index contributed by atoms with van der Waals surface area (Å²) in [5.74, 6) is 0.651. The summed E-state index contributed by atoms with van der Waals surface area (Å²) in [6.45, 7) is 2.99. The van der Waals surface area contributed by atoms with Crippen LogP contribution in [0.3, 0.4) is 0 Å². The minimum absolute atomic E-state index is 0.0394. The third kappa shape index (κ3) is 3.05. The van der Waals surface area contributed by atoms with Crippen LogP contribution in [0.5, 0.6) is 0 Å². The Morgan fingerprint density at radius 3 is 3.00 bits per heavy atom. The highest BCUT2D eigenvalue weighted by Gasteiger charge is 2.34. The fraction of sp³-hybridized carbons (Fsp3) is 0.400. The van der Waals surface area contributed by atoms with E-state index < -0.39 is 0 Å². The Labute approximate surface area is 161 Å². The predicted molar refractivity (Wildman–Crippen MR) is 107 cm³/mol. The molecule has 1 amide bonds. The Bertz CT molecular complexity index is 979. The number of thiophene rings is 1. The van der Waals surface area contributed by atoms with Crippen molar-refractivity contribution in [2.45, 2.75) is 38.3 Å². The van der Waals surface area contributed by atoms with Gasteiger partial charge < -0.3 is 5.32 Å². The molecule has 2 aromatic heterocycles. The van der Waals surface area contributed by atoms with Gasteiger partial charge in [-0.2, -0.15) is 5.10 Å². The van der Waals surface area contributed by atoms with Crippen molar-refractivity contribution in [3.8, 4) is 5.69 Å². The van der Waals surface area contributed by atoms with E-state index in [4.69, 9.17) is 0 Å². The third-order valence-electron chi connectivity index (χ3n) is 5.74. The van der Waals surface area contributed by atoms with Gasteiger partial charge in [-0.3, -0.25) is 15.6 Å². The molecule has 0 spiro atoms. The highest BCUT2D eigenvalue weighted by molar-refractivity contribution is 7.20. The minimum atomic E-state index is 0.0394. The molecule has 2 aliphatic rings. The first kappa shape index (κ1) is 16.9. The number of nitrogens with zero attached hydrogens (tertiary/aromatic N) is 2. The maximum Gasteiger partial charge on any atom is 0.261 e. The lowest BCUT2D eigenvalue weighted by Crippen LogP contribution is -2.43. The van der Waals surface area contributed by atoms with E-state index in [1.165, 1.54) is 11.3 Å². The Morgan fingerprint density at radius 2 is 2.15 bits per heavy atom. The molecule has 3 aromatic rings. The smallest absolute Gasteiger partial charge is 0.261 e. The molecule has 5 rings (SSSR count). The van der Waals surface area contributed by atoms with Gasteiger partial charge in [0, 0.05) is 24.0 Å². The molecule has 2 fully saturated rings. The Hall–Kier alpha value is -2.22. The van der Waals surface area contributed by atoms with Crippen molar-refractivity contribution < 1.29 is 4.79 Å². The van der Waals surface area contributed by atoms with Crippen molar-refractivity contribution in [2.75, 3.05) is 6.54 Å². The number of hydrogen-bond acceptors (Lipinski definition) is 5. The fourth-order valence-corrected chi connectivity index (χ4v) is 5.38. The second kappa shape index (κ2) is 6.74. The largest absolute Gasteiger partial charge is 0.349 e. The normalized spacial score (nSPS) is 24.9. The number of amides is 1. The van der Waals surface area contributed by atoms with Gasteiger partial charge in [-0.1, -0.05) is 18.2 Å². The molecule has 1 aliphatic carbocycles. The highest BCUT2D eigenvalue weighted by atomic mass is 32.1. The second-order valence-electron chi connectivity index (χ2n) is 7.54. The van der Waals surface area contributed by atoms with Gasteiger partial charge in [-0.25, -0.2) is 4.68 Å². The highest BCUT2D eigenvalue weighted by Crippen LogP contribution is 2.31. The molecule has 3 heterocycles. The van der Waals surface area contributed by atoms with Gasteiger partial charge in [-0.05, 0) is 50.3 Å². The zero-order valence-corrected chi connectivity index (χ0v) is 16.1. The average molecular weight is 382 g/mol. The van der Waals surface area contributed by atoms with Crippen LogP contribution in [0.1, 0.15) is 34.6 Å². The van der Waals surface area contributed by atoms with Crippen LogP contribution in [0, 0.1) is 12.8 Å². The number of fused-ring (bicyclic) bond motifs is 2. The first-order valence-corrected chi connectivity index (χ1v) is 10.3. The van der Waals surface area contributed by atoms with E-state index in [0.717, 1.165) is 52.3 Å². The molecule has 3 unspecified atom stereocenters. The number of carbonyl (C=O) groups is 1. The number of para-hydroxylation sites is 1. The number of aromatic nitrogens is 2. The average Bonchev–Trinajstić information content (AvgIpc) is 3.38. The molecule has 1 saturated heterocycles. The number of rotatable bonds is 3. The first-order chi connectivity index (χ1) is 13.2. The monoisotopic (exact) mass is 381 g/mol. The van der Waals surface area contributed by atoms with E-state index in [-0.39, 0.29) is 11.9 Å². The maximum atomic E-state index is 12.9. The van der Waals surface area contributed by atoms with Gasteiger partial charge in [0.2, 0.25) is 0 Å². The van der Waals surface area contributed by atoms with Gasteiger partial charge in [0.1, 0.15) is 4.83 Å². The Kier molecular flexibility index (Phi) is 4.22. The zero-order chi connectivity index (χ0) is 18.4. The number of carbonyl (C=O) groups excluding carboxylic acids is 1. The summed E-state index contributed by atoms with van der Waals surface area (Å²) >= 11 is 1.52. The summed E-state index contributed by atoms with van der Waals surface area (Å²) in [6, 6.07) is 12.9. The van der Waals surface area contributed by atoms with Crippen molar-refractivity contribution >= 4 is 27.5 Å². The van der Waals surface area contributed by atoms with Gasteiger partial charge in [-0.15, -0.1) is 11.3 Å². The van der Waals surface area contributed by atoms with Gasteiger partial charge >= 0.3 is 0 Å². The van der Waals surface area contributed by atoms with Gasteiger partial charge in [0.05, 0.1) is 16.3 Å². The quantitative estimate of drug-likeness (QED) is 0.652. The van der Waals surface area contributed by atoms with E-state index in [0.29, 0.717) is 12.0 Å². The Balaban J connectivity index is 1.38. The summed E-state index contributed by atoms with van der Waals surface area (Å²) in [6.07, 6.45) is 3.18. The molecular weight excluding hydrogens is 358 g/mol. The van der Waals surface area contributed by atoms with Crippen LogP contribution < -0.4 is 16.2 Å². The molecular formula is C20H23N5OS. The van der Waals surface area contributed by atoms with E-state index in [2.05, 4.69) is 21.3 Å². The van der Waals surface area contributed by atoms with E-state index in [9.17, 15) is 4.79 Å². The lowest BCUT2D eigenvalue weighted by molar-refractivity contribution is 0.0922. The van der Waals surface area contributed by atoms with Gasteiger partial charge in [0.25, 0.3) is 5.91 Å². The summed E-state index contributed by atoms with van der Waals surface area (Å²) in [5, 5.41) is 8.97. The summed E-state index contributed by atoms with van der Waals surface area (Å²) in [4.78, 5) is 14.7. The number of hydrazine groups is 1. The molecule has 7 heteroatoms. The molecule has 0 bridgehead atoms. The third-order valence-corrected chi connectivity index (χ3v) is 6.85. The van der Waals surface area contributed by atoms with Crippen LogP contribution in [0.4, 0.5) is 0 Å². The number of aryl methyl sites for hydroxylation is 1. The Morgan fingerprint density at radius 1 is 1.30 bits per heavy atom. The number of benzene rings is 1. The number of nitrogens with one attached hydrogen (secondary N) is 3. The lowest BCUT2D eigenvalue weighted by atomic mass is 9.83. The molecule has 1 aliphatic heterocycles. The second-order valence-corrected chi connectivity index (χ2v) is 8.57. The van der Waals surface area contributed by atoms with E-state index in [1.807, 2.05) is 48.0 Å². The maximum absolute atomic E-state index is 12.9. The summed E-state index contributed by atoms with van der Waals surface area (Å²) < 4.78 is 1.94. The molecule has 6 nitrogen and oxygen atoms in total. The standard InChI is InChI=1S/C20H23N5OS/c1-12-16-10-18(27-20(16)25(24-12)15-5-3-2-4-6-15)19(26)22-14-7-8-17-13(9-14)11-21-23-17/h2-6,10,13-14,17,21,23H,7-9,11H2,1H3,(H,22,26). The van der Waals surface area contributed by atoms with Crippen molar-refractivity contribution in [2.24, 2.45) is 5.92 Å². The van der Waals surface area contributed by atoms with Crippen molar-refractivity contribution in [3.63, 3.8) is 0 Å². The van der Waals surface area contributed by atoms with Gasteiger partial charge in [0.15, 0.2) is 0 Å². The molecule has 3 N–H and O–H groups in total. The SMILES string of the molecule is Cc1nn(-c2ccccc2)c2sc(C(=O)NC3CCC4NNCC4C3)cc12. The van der Waals surface area contributed by atoms with E-state index in [1.54, 1.807) is 0 Å². The van der Waals surface area contributed by atoms with E-state index >= 15 is 0 Å². The first-order valence-electron chi connectivity index (χ1n) is 9.53. The number of hydrogen-bond donors (Lipinski definition) is 3. The summed E-state index contributed by atoms with van der Waals surface area (Å²) in [7, 11) is 0.